The molecule has 0 radical (unpaired) electrons. The second-order valence-corrected chi connectivity index (χ2v) is 4.53. The highest BCUT2D eigenvalue weighted by Gasteiger charge is 2.12. The maximum Gasteiger partial charge on any atom is 0.171 e. The number of aromatic nitrogens is 1. The molecule has 1 aromatic rings. The van der Waals surface area contributed by atoms with Gasteiger partial charge in [-0.3, -0.25) is 4.79 Å². The van der Waals surface area contributed by atoms with Gasteiger partial charge in [-0.25, -0.2) is 4.98 Å². The molecular formula is C10H16N2OS. The average molecular weight is 212 g/mol. The van der Waals surface area contributed by atoms with Crippen molar-refractivity contribution < 1.29 is 4.79 Å². The van der Waals surface area contributed by atoms with Crippen LogP contribution in [0.1, 0.15) is 40.6 Å². The minimum absolute atomic E-state index is 0.0938. The number of carbonyl (C=O) groups is 1. The van der Waals surface area contributed by atoms with Gasteiger partial charge in [-0.1, -0.05) is 6.92 Å². The van der Waals surface area contributed by atoms with Crippen LogP contribution in [0.2, 0.25) is 0 Å². The SMILES string of the molecule is CCC(N)Cc1nc(C)c(C(C)=O)s1. The van der Waals surface area contributed by atoms with E-state index in [0.29, 0.717) is 0 Å². The Hall–Kier alpha value is -0.740. The van der Waals surface area contributed by atoms with Crippen LogP contribution in [0.25, 0.3) is 0 Å². The Kier molecular flexibility index (Phi) is 3.77. The monoisotopic (exact) mass is 212 g/mol. The lowest BCUT2D eigenvalue weighted by molar-refractivity contribution is 0.102. The molecule has 0 aliphatic rings. The van der Waals surface area contributed by atoms with E-state index in [1.165, 1.54) is 11.3 Å². The predicted molar refractivity (Wildman–Crippen MR) is 58.8 cm³/mol. The van der Waals surface area contributed by atoms with E-state index in [9.17, 15) is 4.79 Å². The lowest BCUT2D eigenvalue weighted by Crippen LogP contribution is -2.21. The summed E-state index contributed by atoms with van der Waals surface area (Å²) in [4.78, 5) is 16.3. The minimum Gasteiger partial charge on any atom is -0.327 e. The summed E-state index contributed by atoms with van der Waals surface area (Å²) in [6.07, 6.45) is 1.71. The van der Waals surface area contributed by atoms with Gasteiger partial charge in [-0.15, -0.1) is 11.3 Å². The molecule has 0 saturated carbocycles. The van der Waals surface area contributed by atoms with Crippen LogP contribution in [0.5, 0.6) is 0 Å². The van der Waals surface area contributed by atoms with E-state index >= 15 is 0 Å². The Morgan fingerprint density at radius 2 is 2.29 bits per heavy atom. The largest absolute Gasteiger partial charge is 0.327 e. The van der Waals surface area contributed by atoms with Crippen LogP contribution in [-0.2, 0) is 6.42 Å². The van der Waals surface area contributed by atoms with Crippen molar-refractivity contribution in [3.63, 3.8) is 0 Å². The van der Waals surface area contributed by atoms with Crippen LogP contribution >= 0.6 is 11.3 Å². The van der Waals surface area contributed by atoms with Gasteiger partial charge in [0.25, 0.3) is 0 Å². The topological polar surface area (TPSA) is 56.0 Å². The highest BCUT2D eigenvalue weighted by atomic mass is 32.1. The number of rotatable bonds is 4. The summed E-state index contributed by atoms with van der Waals surface area (Å²) in [6.45, 7) is 5.50. The molecule has 2 N–H and O–H groups in total. The van der Waals surface area contributed by atoms with Crippen LogP contribution in [0, 0.1) is 6.92 Å². The molecule has 0 saturated heterocycles. The Balaban J connectivity index is 2.81. The summed E-state index contributed by atoms with van der Waals surface area (Å²) in [5.74, 6) is 0.0938. The fourth-order valence-electron chi connectivity index (χ4n) is 1.23. The maximum atomic E-state index is 11.2. The molecule has 14 heavy (non-hydrogen) atoms. The summed E-state index contributed by atoms with van der Waals surface area (Å²) >= 11 is 1.47. The number of aryl methyl sites for hydroxylation is 1. The van der Waals surface area contributed by atoms with Gasteiger partial charge in [-0.05, 0) is 13.3 Å². The summed E-state index contributed by atoms with van der Waals surface area (Å²) < 4.78 is 0. The summed E-state index contributed by atoms with van der Waals surface area (Å²) in [7, 11) is 0. The zero-order chi connectivity index (χ0) is 10.7. The number of carbonyl (C=O) groups excluding carboxylic acids is 1. The zero-order valence-corrected chi connectivity index (χ0v) is 9.65. The number of nitrogens with two attached hydrogens (primary N) is 1. The molecule has 3 nitrogen and oxygen atoms in total. The fourth-order valence-corrected chi connectivity index (χ4v) is 2.29. The van der Waals surface area contributed by atoms with Gasteiger partial charge in [-0.2, -0.15) is 0 Å². The molecule has 1 aromatic heterocycles. The number of ketones is 1. The lowest BCUT2D eigenvalue weighted by Gasteiger charge is -2.03. The number of hydrogen-bond acceptors (Lipinski definition) is 4. The third kappa shape index (κ3) is 2.62. The van der Waals surface area contributed by atoms with Crippen LogP contribution in [-0.4, -0.2) is 16.8 Å². The first-order chi connectivity index (χ1) is 6.54. The van der Waals surface area contributed by atoms with Crippen molar-refractivity contribution in [3.05, 3.63) is 15.6 Å². The third-order valence-corrected chi connectivity index (χ3v) is 3.40. The molecule has 0 spiro atoms. The van der Waals surface area contributed by atoms with Gasteiger partial charge in [0, 0.05) is 19.4 Å². The van der Waals surface area contributed by atoms with Gasteiger partial charge in [0.05, 0.1) is 15.6 Å². The lowest BCUT2D eigenvalue weighted by atomic mass is 10.2. The van der Waals surface area contributed by atoms with Crippen molar-refractivity contribution in [3.8, 4) is 0 Å². The Morgan fingerprint density at radius 1 is 1.64 bits per heavy atom. The van der Waals surface area contributed by atoms with Crippen molar-refractivity contribution in [2.75, 3.05) is 0 Å². The Morgan fingerprint density at radius 3 is 2.71 bits per heavy atom. The molecular weight excluding hydrogens is 196 g/mol. The van der Waals surface area contributed by atoms with Crippen molar-refractivity contribution in [2.45, 2.75) is 39.7 Å². The molecule has 1 heterocycles. The van der Waals surface area contributed by atoms with Crippen LogP contribution in [0.3, 0.4) is 0 Å². The molecule has 1 atom stereocenters. The number of Topliss-reactive ketones (excluding diaryl/α,β-unsaturated/α-hetero) is 1. The van der Waals surface area contributed by atoms with E-state index in [1.54, 1.807) is 6.92 Å². The molecule has 0 fully saturated rings. The standard InChI is InChI=1S/C10H16N2OS/c1-4-8(11)5-9-12-6(2)10(14-9)7(3)13/h8H,4-5,11H2,1-3H3. The average Bonchev–Trinajstić information content (AvgIpc) is 2.46. The second kappa shape index (κ2) is 4.66. The van der Waals surface area contributed by atoms with E-state index in [0.717, 1.165) is 28.4 Å². The Bertz CT molecular complexity index is 333. The van der Waals surface area contributed by atoms with Crippen molar-refractivity contribution in [2.24, 2.45) is 5.73 Å². The highest BCUT2D eigenvalue weighted by Crippen LogP contribution is 2.19. The molecule has 1 rings (SSSR count). The van der Waals surface area contributed by atoms with Gasteiger partial charge >= 0.3 is 0 Å². The first kappa shape index (κ1) is 11.3. The predicted octanol–water partition coefficient (Wildman–Crippen LogP) is 1.93. The maximum absolute atomic E-state index is 11.2. The first-order valence-corrected chi connectivity index (χ1v) is 5.59. The molecule has 0 bridgehead atoms. The van der Waals surface area contributed by atoms with E-state index < -0.39 is 0 Å². The van der Waals surface area contributed by atoms with Gasteiger partial charge in [0.1, 0.15) is 0 Å². The van der Waals surface area contributed by atoms with E-state index in [1.807, 2.05) is 6.92 Å². The first-order valence-electron chi connectivity index (χ1n) is 4.77. The Labute approximate surface area is 88.3 Å². The van der Waals surface area contributed by atoms with Crippen molar-refractivity contribution in [1.82, 2.24) is 4.98 Å². The summed E-state index contributed by atoms with van der Waals surface area (Å²) in [6, 6.07) is 0.153. The van der Waals surface area contributed by atoms with Gasteiger partial charge in [0.2, 0.25) is 0 Å². The summed E-state index contributed by atoms with van der Waals surface area (Å²) in [5.41, 5.74) is 6.66. The molecule has 78 valence electrons. The highest BCUT2D eigenvalue weighted by molar-refractivity contribution is 7.13. The normalized spacial score (nSPS) is 12.9. The van der Waals surface area contributed by atoms with E-state index in [4.69, 9.17) is 5.73 Å². The molecule has 0 aromatic carbocycles. The van der Waals surface area contributed by atoms with E-state index in [2.05, 4.69) is 11.9 Å². The number of thiazole rings is 1. The van der Waals surface area contributed by atoms with Crippen LogP contribution in [0.15, 0.2) is 0 Å². The second-order valence-electron chi connectivity index (χ2n) is 3.45. The van der Waals surface area contributed by atoms with Gasteiger partial charge < -0.3 is 5.73 Å². The third-order valence-electron chi connectivity index (χ3n) is 2.12. The molecule has 1 unspecified atom stereocenters. The van der Waals surface area contributed by atoms with Crippen LogP contribution < -0.4 is 5.73 Å². The number of nitrogens with zero attached hydrogens (tertiary/aromatic N) is 1. The van der Waals surface area contributed by atoms with Crippen LogP contribution in [0.4, 0.5) is 0 Å². The molecule has 0 aliphatic heterocycles. The smallest absolute Gasteiger partial charge is 0.171 e. The fraction of sp³-hybridized carbons (Fsp3) is 0.600. The molecule has 0 aliphatic carbocycles. The molecule has 4 heteroatoms. The molecule has 0 amide bonds. The zero-order valence-electron chi connectivity index (χ0n) is 8.83. The van der Waals surface area contributed by atoms with E-state index in [-0.39, 0.29) is 11.8 Å². The minimum atomic E-state index is 0.0938. The number of hydrogen-bond donors (Lipinski definition) is 1. The summed E-state index contributed by atoms with van der Waals surface area (Å²) in [5, 5.41) is 0.974. The van der Waals surface area contributed by atoms with Crippen molar-refractivity contribution >= 4 is 17.1 Å². The van der Waals surface area contributed by atoms with Gasteiger partial charge in [0.15, 0.2) is 5.78 Å². The van der Waals surface area contributed by atoms with Crippen molar-refractivity contribution in [1.29, 1.82) is 0 Å². The quantitative estimate of drug-likeness (QED) is 0.776.